The highest BCUT2D eigenvalue weighted by molar-refractivity contribution is 5.85. The van der Waals surface area contributed by atoms with Crippen molar-refractivity contribution >= 4 is 17.9 Å². The van der Waals surface area contributed by atoms with Gasteiger partial charge in [0.2, 0.25) is 6.20 Å². The number of hydrogen-bond acceptors (Lipinski definition) is 4. The molecule has 1 unspecified atom stereocenters. The number of benzene rings is 2. The fourth-order valence-corrected chi connectivity index (χ4v) is 2.03. The number of hydrogen-bond donors (Lipinski definition) is 0. The number of carbonyl (C=O) groups excluding carboxylic acids is 1. The third kappa shape index (κ3) is 2.28. The van der Waals surface area contributed by atoms with Crippen LogP contribution in [0.2, 0.25) is 0 Å². The Hall–Kier alpha value is -2.62. The molecule has 4 heteroatoms. The zero-order valence-electron chi connectivity index (χ0n) is 14.5. The lowest BCUT2D eigenvalue weighted by Gasteiger charge is -2.32. The van der Waals surface area contributed by atoms with Crippen molar-refractivity contribution in [3.8, 4) is 0 Å². The highest BCUT2D eigenvalue weighted by Gasteiger charge is 2.28. The van der Waals surface area contributed by atoms with E-state index in [-0.39, 0.29) is 0 Å². The molecular weight excluding hydrogens is 252 g/mol. The summed E-state index contributed by atoms with van der Waals surface area (Å²) in [5, 5.41) is 5.37. The van der Waals surface area contributed by atoms with Crippen LogP contribution in [0.4, 0.5) is 5.69 Å². The van der Waals surface area contributed by atoms with Crippen molar-refractivity contribution in [2.24, 2.45) is 5.10 Å². The number of carbonyl (C=O) groups is 1. The predicted molar refractivity (Wildman–Crippen MR) is 77.5 cm³/mol. The number of rotatable bonds is 2. The van der Waals surface area contributed by atoms with Crippen molar-refractivity contribution in [2.45, 2.75) is 13.1 Å². The van der Waals surface area contributed by atoms with Crippen LogP contribution < -0.4 is 5.01 Å². The van der Waals surface area contributed by atoms with Crippen molar-refractivity contribution < 1.29 is 15.0 Å². The Kier molecular flexibility index (Phi) is 2.20. The molecule has 1 atom stereocenters. The molecule has 2 aromatic carbocycles. The number of para-hydroxylation sites is 1. The topological polar surface area (TPSA) is 41.9 Å². The van der Waals surface area contributed by atoms with Gasteiger partial charge in [-0.15, -0.1) is 0 Å². The van der Waals surface area contributed by atoms with Gasteiger partial charge in [-0.05, 0) is 12.1 Å². The second kappa shape index (κ2) is 5.17. The van der Waals surface area contributed by atoms with E-state index < -0.39 is 19.0 Å². The second-order valence-electron chi connectivity index (χ2n) is 4.17. The van der Waals surface area contributed by atoms with Crippen LogP contribution in [-0.4, -0.2) is 12.2 Å². The molecule has 3 rings (SSSR count). The van der Waals surface area contributed by atoms with Crippen LogP contribution in [0.15, 0.2) is 59.7 Å². The molecule has 1 aliphatic heterocycles. The van der Waals surface area contributed by atoms with Crippen molar-refractivity contribution in [1.82, 2.24) is 0 Å². The average Bonchev–Trinajstić information content (AvgIpc) is 2.55. The maximum absolute atomic E-state index is 11.9. The van der Waals surface area contributed by atoms with Crippen LogP contribution in [0, 0.1) is 0 Å². The first-order chi connectivity index (χ1) is 11.3. The number of ether oxygens (including phenoxy) is 1. The fourth-order valence-electron chi connectivity index (χ4n) is 2.03. The van der Waals surface area contributed by atoms with Crippen molar-refractivity contribution in [1.29, 1.82) is 0 Å². The largest absolute Gasteiger partial charge is 0.435 e. The third-order valence-corrected chi connectivity index (χ3v) is 2.89. The van der Waals surface area contributed by atoms with Crippen LogP contribution in [0.3, 0.4) is 0 Å². The molecule has 0 spiro atoms. The van der Waals surface area contributed by atoms with Crippen molar-refractivity contribution in [3.05, 3.63) is 65.7 Å². The van der Waals surface area contributed by atoms with Gasteiger partial charge in [-0.25, -0.2) is 5.01 Å². The van der Waals surface area contributed by atoms with E-state index in [1.807, 2.05) is 0 Å². The van der Waals surface area contributed by atoms with Crippen molar-refractivity contribution in [3.63, 3.8) is 0 Å². The van der Waals surface area contributed by atoms with E-state index in [0.717, 1.165) is 0 Å². The van der Waals surface area contributed by atoms with Gasteiger partial charge in [-0.3, -0.25) is 4.79 Å². The van der Waals surface area contributed by atoms with Crippen molar-refractivity contribution in [2.75, 3.05) is 5.01 Å². The molecule has 0 saturated carbocycles. The summed E-state index contributed by atoms with van der Waals surface area (Å²) in [5.74, 6) is -1.45. The van der Waals surface area contributed by atoms with E-state index >= 15 is 0 Å². The smallest absolute Gasteiger partial charge is 0.304 e. The predicted octanol–water partition coefficient (Wildman–Crippen LogP) is 3.10. The number of anilines is 1. The number of fused-ring (bicyclic) bond motifs is 1. The molecular formula is C16H14N2O2. The van der Waals surface area contributed by atoms with E-state index in [9.17, 15) is 4.79 Å². The van der Waals surface area contributed by atoms with Gasteiger partial charge in [-0.1, -0.05) is 42.5 Å². The number of hydrazone groups is 1. The lowest BCUT2D eigenvalue weighted by Crippen LogP contribution is -2.31. The molecule has 4 nitrogen and oxygen atoms in total. The van der Waals surface area contributed by atoms with Crippen LogP contribution in [0.1, 0.15) is 29.7 Å². The molecule has 0 N–H and O–H groups in total. The van der Waals surface area contributed by atoms with Gasteiger partial charge in [0.15, 0.2) is 0 Å². The quantitative estimate of drug-likeness (QED) is 0.787. The monoisotopic (exact) mass is 270 g/mol. The summed E-state index contributed by atoms with van der Waals surface area (Å²) in [6, 6.07) is 15.4. The molecule has 0 fully saturated rings. The van der Waals surface area contributed by atoms with E-state index in [2.05, 4.69) is 5.10 Å². The maximum atomic E-state index is 11.9. The Morgan fingerprint density at radius 3 is 2.80 bits per heavy atom. The maximum Gasteiger partial charge on any atom is 0.304 e. The summed E-state index contributed by atoms with van der Waals surface area (Å²) in [6.07, 6.45) is -0.573. The molecule has 0 saturated heterocycles. The average molecular weight is 270 g/mol. The molecule has 0 aromatic heterocycles. The minimum atomic E-state index is -2.97. The lowest BCUT2D eigenvalue weighted by atomic mass is 10.1. The van der Waals surface area contributed by atoms with Crippen LogP contribution in [0.25, 0.3) is 0 Å². The standard InChI is InChI=1S/C16H14N2O2/c1-12(19)20-16-15-10-6-5-7-13(15)11-17-18(16)14-8-3-2-4-9-14/h2-11,16H,1H3/i1D3,16D. The SMILES string of the molecule is [2H]C([2H])([2H])C(=O)OC1([2H])c2ccccc2C=NN1c1ccccc1. The van der Waals surface area contributed by atoms with Gasteiger partial charge in [0.1, 0.15) is 1.37 Å². The molecule has 1 heterocycles. The van der Waals surface area contributed by atoms with E-state index in [0.29, 0.717) is 16.8 Å². The summed E-state index contributed by atoms with van der Waals surface area (Å²) < 4.78 is 35.5. The van der Waals surface area contributed by atoms with Crippen LogP contribution in [-0.2, 0) is 9.53 Å². The highest BCUT2D eigenvalue weighted by Crippen LogP contribution is 2.32. The minimum absolute atomic E-state index is 0.335. The van der Waals surface area contributed by atoms with E-state index in [4.69, 9.17) is 10.2 Å². The Labute approximate surface area is 122 Å². The summed E-state index contributed by atoms with van der Waals surface area (Å²) >= 11 is 0. The first-order valence-electron chi connectivity index (χ1n) is 8.04. The normalized spacial score (nSPS) is 23.9. The van der Waals surface area contributed by atoms with Crippen LogP contribution >= 0.6 is 0 Å². The molecule has 1 aliphatic rings. The number of esters is 1. The van der Waals surface area contributed by atoms with Gasteiger partial charge in [0.25, 0.3) is 0 Å². The first-order valence-corrected chi connectivity index (χ1v) is 6.04. The van der Waals surface area contributed by atoms with Gasteiger partial charge in [0, 0.05) is 22.1 Å². The highest BCUT2D eigenvalue weighted by atomic mass is 16.6. The fraction of sp³-hybridized carbons (Fsp3) is 0.125. The Balaban J connectivity index is 2.11. The summed E-state index contributed by atoms with van der Waals surface area (Å²) in [5.41, 5.74) is 1.41. The van der Waals surface area contributed by atoms with Gasteiger partial charge >= 0.3 is 5.97 Å². The van der Waals surface area contributed by atoms with Gasteiger partial charge in [0.05, 0.1) is 11.9 Å². The molecule has 0 aliphatic carbocycles. The summed E-state index contributed by atoms with van der Waals surface area (Å²) in [7, 11) is 0. The Morgan fingerprint density at radius 2 is 2.00 bits per heavy atom. The summed E-state index contributed by atoms with van der Waals surface area (Å²) in [6.45, 7) is -2.97. The molecule has 0 bridgehead atoms. The van der Waals surface area contributed by atoms with E-state index in [1.165, 1.54) is 11.2 Å². The van der Waals surface area contributed by atoms with Gasteiger partial charge < -0.3 is 4.74 Å². The Morgan fingerprint density at radius 1 is 1.25 bits per heavy atom. The Bertz CT molecular complexity index is 792. The zero-order chi connectivity index (χ0) is 17.4. The lowest BCUT2D eigenvalue weighted by molar-refractivity contribution is -0.146. The first kappa shape index (κ1) is 8.53. The number of nitrogens with zero attached hydrogens (tertiary/aromatic N) is 2. The molecule has 100 valence electrons. The molecule has 0 radical (unpaired) electrons. The zero-order valence-corrected chi connectivity index (χ0v) is 10.5. The molecule has 2 aromatic rings. The van der Waals surface area contributed by atoms with E-state index in [1.54, 1.807) is 54.6 Å². The van der Waals surface area contributed by atoms with Crippen LogP contribution in [0.5, 0.6) is 0 Å². The van der Waals surface area contributed by atoms with Gasteiger partial charge in [-0.2, -0.15) is 5.10 Å². The third-order valence-electron chi connectivity index (χ3n) is 2.89. The summed E-state index contributed by atoms with van der Waals surface area (Å²) in [4.78, 5) is 11.9. The second-order valence-corrected chi connectivity index (χ2v) is 4.17. The molecule has 0 amide bonds. The minimum Gasteiger partial charge on any atom is -0.435 e. The molecule has 20 heavy (non-hydrogen) atoms.